The second-order valence-corrected chi connectivity index (χ2v) is 9.75. The summed E-state index contributed by atoms with van der Waals surface area (Å²) < 4.78 is 55.6. The Bertz CT molecular complexity index is 1170. The van der Waals surface area contributed by atoms with Gasteiger partial charge in [-0.1, -0.05) is 0 Å². The SMILES string of the molecule is CC[N+](CC)(CC)CC(=O)Oc1cc(NS(=O)(=O)/C=C/c2c(OC)cc(OC)cc2OC)ccc1OC. The molecule has 1 N–H and O–H groups in total. The van der Waals surface area contributed by atoms with Gasteiger partial charge in [0.15, 0.2) is 18.0 Å². The molecule has 0 unspecified atom stereocenters. The van der Waals surface area contributed by atoms with Gasteiger partial charge in [-0.3, -0.25) is 4.72 Å². The van der Waals surface area contributed by atoms with Crippen LogP contribution in [0, 0.1) is 0 Å². The van der Waals surface area contributed by atoms with Crippen molar-refractivity contribution in [2.75, 3.05) is 59.3 Å². The second kappa shape index (κ2) is 13.2. The molecule has 2 aromatic rings. The van der Waals surface area contributed by atoms with Gasteiger partial charge in [0, 0.05) is 18.2 Å². The molecule has 2 rings (SSSR count). The van der Waals surface area contributed by atoms with Gasteiger partial charge in [-0.05, 0) is 39.0 Å². The zero-order chi connectivity index (χ0) is 27.6. The predicted molar refractivity (Wildman–Crippen MR) is 143 cm³/mol. The fourth-order valence-corrected chi connectivity index (χ4v) is 4.65. The van der Waals surface area contributed by atoms with Gasteiger partial charge in [0.25, 0.3) is 10.0 Å². The highest BCUT2D eigenvalue weighted by Crippen LogP contribution is 2.35. The number of esters is 1. The highest BCUT2D eigenvalue weighted by molar-refractivity contribution is 7.95. The molecule has 0 heterocycles. The van der Waals surface area contributed by atoms with E-state index in [1.807, 2.05) is 20.8 Å². The average molecular weight is 538 g/mol. The lowest BCUT2D eigenvalue weighted by Gasteiger charge is -2.34. The number of methoxy groups -OCH3 is 4. The number of carbonyl (C=O) groups is 1. The molecule has 0 aromatic heterocycles. The number of sulfonamides is 1. The Hall–Kier alpha value is -3.44. The fourth-order valence-electron chi connectivity index (χ4n) is 3.81. The van der Waals surface area contributed by atoms with Crippen molar-refractivity contribution in [3.05, 3.63) is 41.3 Å². The van der Waals surface area contributed by atoms with Crippen LogP contribution < -0.4 is 28.4 Å². The average Bonchev–Trinajstić information content (AvgIpc) is 2.90. The number of likely N-dealkylation sites (N-methyl/N-ethyl adjacent to an activating group) is 1. The first-order chi connectivity index (χ1) is 17.6. The third-order valence-electron chi connectivity index (χ3n) is 6.29. The van der Waals surface area contributed by atoms with Crippen LogP contribution in [0.3, 0.4) is 0 Å². The molecule has 0 radical (unpaired) electrons. The summed E-state index contributed by atoms with van der Waals surface area (Å²) in [6, 6.07) is 7.70. The van der Waals surface area contributed by atoms with Crippen molar-refractivity contribution in [1.82, 2.24) is 0 Å². The molecule has 0 atom stereocenters. The van der Waals surface area contributed by atoms with E-state index in [9.17, 15) is 13.2 Å². The molecule has 0 fully saturated rings. The first kappa shape index (κ1) is 29.8. The van der Waals surface area contributed by atoms with E-state index in [-0.39, 0.29) is 18.0 Å². The predicted octanol–water partition coefficient (Wildman–Crippen LogP) is 3.92. The van der Waals surface area contributed by atoms with E-state index in [0.29, 0.717) is 33.0 Å². The summed E-state index contributed by atoms with van der Waals surface area (Å²) in [6.45, 7) is 8.64. The van der Waals surface area contributed by atoms with Crippen LogP contribution in [-0.2, 0) is 14.8 Å². The maximum atomic E-state index is 12.8. The van der Waals surface area contributed by atoms with Crippen molar-refractivity contribution in [3.8, 4) is 28.7 Å². The first-order valence-electron chi connectivity index (χ1n) is 11.8. The number of benzene rings is 2. The first-order valence-corrected chi connectivity index (χ1v) is 13.4. The minimum absolute atomic E-state index is 0.122. The summed E-state index contributed by atoms with van der Waals surface area (Å²) in [4.78, 5) is 12.7. The Labute approximate surface area is 219 Å². The van der Waals surface area contributed by atoms with E-state index in [1.54, 1.807) is 12.1 Å². The summed E-state index contributed by atoms with van der Waals surface area (Å²) in [5, 5.41) is 0.991. The van der Waals surface area contributed by atoms with Gasteiger partial charge in [-0.25, -0.2) is 13.2 Å². The van der Waals surface area contributed by atoms with Crippen molar-refractivity contribution in [2.24, 2.45) is 0 Å². The third-order valence-corrected chi connectivity index (χ3v) is 7.31. The van der Waals surface area contributed by atoms with Crippen LogP contribution >= 0.6 is 0 Å². The summed E-state index contributed by atoms with van der Waals surface area (Å²) in [5.41, 5.74) is 0.619. The minimum Gasteiger partial charge on any atom is -0.496 e. The maximum absolute atomic E-state index is 12.8. The molecule has 0 spiro atoms. The van der Waals surface area contributed by atoms with Crippen LogP contribution in [-0.4, -0.2) is 73.5 Å². The van der Waals surface area contributed by atoms with Gasteiger partial charge in [-0.15, -0.1) is 0 Å². The zero-order valence-corrected chi connectivity index (χ0v) is 23.3. The number of nitrogens with zero attached hydrogens (tertiary/aromatic N) is 1. The number of carbonyl (C=O) groups excluding carboxylic acids is 1. The van der Waals surface area contributed by atoms with Gasteiger partial charge in [0.1, 0.15) is 17.2 Å². The monoisotopic (exact) mass is 537 g/mol. The van der Waals surface area contributed by atoms with Gasteiger partial charge in [0.2, 0.25) is 0 Å². The normalized spacial score (nSPS) is 11.8. The van der Waals surface area contributed by atoms with E-state index < -0.39 is 16.0 Å². The minimum atomic E-state index is -3.96. The number of nitrogens with one attached hydrogen (secondary N) is 1. The quantitative estimate of drug-likeness (QED) is 0.219. The Morgan fingerprint density at radius 3 is 1.89 bits per heavy atom. The van der Waals surface area contributed by atoms with Crippen molar-refractivity contribution < 1.29 is 41.4 Å². The highest BCUT2D eigenvalue weighted by Gasteiger charge is 2.27. The molecular formula is C26H37N2O8S+. The summed E-state index contributed by atoms with van der Waals surface area (Å²) >= 11 is 0. The third kappa shape index (κ3) is 7.77. The molecule has 0 aliphatic heterocycles. The molecule has 0 saturated carbocycles. The van der Waals surface area contributed by atoms with Gasteiger partial charge >= 0.3 is 5.97 Å². The number of quaternary nitrogens is 1. The topological polar surface area (TPSA) is 109 Å². The summed E-state index contributed by atoms with van der Waals surface area (Å²) in [6.07, 6.45) is 1.36. The van der Waals surface area contributed by atoms with Crippen molar-refractivity contribution in [2.45, 2.75) is 20.8 Å². The molecule has 204 valence electrons. The standard InChI is InChI=1S/C26H37N2O8S/c1-8-28(9-2,10-3)18-26(29)36-25-15-19(11-12-22(25)33-5)27-37(30,31)14-13-21-23(34-6)16-20(32-4)17-24(21)35-7/h11-17,27H,8-10,18H2,1-7H3/q+1/b14-13+. The second-order valence-electron chi connectivity index (χ2n) is 8.18. The van der Waals surface area contributed by atoms with Crippen molar-refractivity contribution >= 4 is 27.8 Å². The highest BCUT2D eigenvalue weighted by atomic mass is 32.2. The van der Waals surface area contributed by atoms with E-state index in [1.165, 1.54) is 52.7 Å². The van der Waals surface area contributed by atoms with Crippen LogP contribution in [0.1, 0.15) is 26.3 Å². The van der Waals surface area contributed by atoms with Crippen LogP contribution in [0.15, 0.2) is 35.7 Å². The lowest BCUT2D eigenvalue weighted by Crippen LogP contribution is -2.51. The van der Waals surface area contributed by atoms with Crippen LogP contribution in [0.25, 0.3) is 6.08 Å². The van der Waals surface area contributed by atoms with Crippen molar-refractivity contribution in [3.63, 3.8) is 0 Å². The summed E-state index contributed by atoms with van der Waals surface area (Å²) in [5.74, 6) is 1.25. The van der Waals surface area contributed by atoms with Gasteiger partial charge in [0.05, 0.1) is 64.7 Å². The van der Waals surface area contributed by atoms with E-state index >= 15 is 0 Å². The largest absolute Gasteiger partial charge is 0.496 e. The molecular weight excluding hydrogens is 500 g/mol. The molecule has 2 aromatic carbocycles. The molecule has 0 aliphatic carbocycles. The smallest absolute Gasteiger partial charge is 0.367 e. The van der Waals surface area contributed by atoms with Crippen LogP contribution in [0.4, 0.5) is 5.69 Å². The van der Waals surface area contributed by atoms with Gasteiger partial charge in [-0.2, -0.15) is 0 Å². The molecule has 10 nitrogen and oxygen atoms in total. The van der Waals surface area contributed by atoms with E-state index in [0.717, 1.165) is 25.0 Å². The van der Waals surface area contributed by atoms with Crippen LogP contribution in [0.5, 0.6) is 28.7 Å². The maximum Gasteiger partial charge on any atom is 0.367 e. The summed E-state index contributed by atoms with van der Waals surface area (Å²) in [7, 11) is 1.91. The van der Waals surface area contributed by atoms with Crippen LogP contribution in [0.2, 0.25) is 0 Å². The van der Waals surface area contributed by atoms with Gasteiger partial charge < -0.3 is 28.2 Å². The molecule has 0 aliphatic rings. The zero-order valence-electron chi connectivity index (χ0n) is 22.5. The Morgan fingerprint density at radius 1 is 0.838 bits per heavy atom. The number of ether oxygens (including phenoxy) is 5. The van der Waals surface area contributed by atoms with E-state index in [2.05, 4.69) is 4.72 Å². The Morgan fingerprint density at radius 2 is 1.41 bits per heavy atom. The molecule has 0 bridgehead atoms. The number of rotatable bonds is 14. The lowest BCUT2D eigenvalue weighted by atomic mass is 10.1. The molecule has 11 heteroatoms. The fraction of sp³-hybridized carbons (Fsp3) is 0.423. The molecule has 0 saturated heterocycles. The lowest BCUT2D eigenvalue weighted by molar-refractivity contribution is -0.916. The molecule has 0 amide bonds. The Balaban J connectivity index is 2.29. The number of hydrogen-bond donors (Lipinski definition) is 1. The van der Waals surface area contributed by atoms with Crippen molar-refractivity contribution in [1.29, 1.82) is 0 Å². The Kier molecular flexibility index (Phi) is 10.6. The van der Waals surface area contributed by atoms with E-state index in [4.69, 9.17) is 23.7 Å². The molecule has 37 heavy (non-hydrogen) atoms. The number of anilines is 1. The number of hydrogen-bond acceptors (Lipinski definition) is 8.